The molecule has 1 aromatic carbocycles. The van der Waals surface area contributed by atoms with Crippen LogP contribution in [0.3, 0.4) is 0 Å². The average molecular weight is 532 g/mol. The van der Waals surface area contributed by atoms with Gasteiger partial charge in [0, 0.05) is 12.1 Å². The molecule has 1 spiro atoms. The van der Waals surface area contributed by atoms with Gasteiger partial charge in [-0.1, -0.05) is 6.07 Å². The number of hydrogen-bond acceptors (Lipinski definition) is 7. The van der Waals surface area contributed by atoms with Crippen molar-refractivity contribution in [3.05, 3.63) is 71.5 Å². The molecule has 1 amide bonds. The van der Waals surface area contributed by atoms with Crippen molar-refractivity contribution < 1.29 is 26.8 Å². The molecule has 0 bridgehead atoms. The number of halogens is 4. The van der Waals surface area contributed by atoms with Gasteiger partial charge in [-0.15, -0.1) is 12.6 Å². The normalized spacial score (nSPS) is 18.8. The Bertz CT molecular complexity index is 1370. The minimum absolute atomic E-state index is 0.131. The van der Waals surface area contributed by atoms with E-state index in [2.05, 4.69) is 22.6 Å². The maximum Gasteiger partial charge on any atom is 0.419 e. The molecule has 0 radical (unpaired) electrons. The molecule has 1 unspecified atom stereocenters. The van der Waals surface area contributed by atoms with E-state index in [0.717, 1.165) is 23.6 Å². The van der Waals surface area contributed by atoms with E-state index in [9.17, 15) is 18.0 Å². The number of nitrogens with zero attached hydrogens (tertiary/aromatic N) is 5. The molecule has 2 aromatic heterocycles. The number of hydrogen-bond donors (Lipinski definition) is 1. The highest BCUT2D eigenvalue weighted by Gasteiger charge is 2.60. The summed E-state index contributed by atoms with van der Waals surface area (Å²) in [5.74, 6) is -0.317. The van der Waals surface area contributed by atoms with Crippen LogP contribution in [0.5, 0.6) is 0 Å². The van der Waals surface area contributed by atoms with Gasteiger partial charge < -0.3 is 9.32 Å². The largest absolute Gasteiger partial charge is 0.449 e. The number of alkyl halides is 3. The summed E-state index contributed by atoms with van der Waals surface area (Å²) in [6.07, 6.45) is 2.53. The van der Waals surface area contributed by atoms with Gasteiger partial charge in [0.05, 0.1) is 23.6 Å². The summed E-state index contributed by atoms with van der Waals surface area (Å²) >= 11 is 4.59. The highest BCUT2D eigenvalue weighted by Crippen LogP contribution is 2.50. The molecule has 2 aliphatic rings. The highest BCUT2D eigenvalue weighted by atomic mass is 32.1. The van der Waals surface area contributed by atoms with Gasteiger partial charge in [-0.3, -0.25) is 9.69 Å². The second kappa shape index (κ2) is 9.37. The first kappa shape index (κ1) is 25.1. The Morgan fingerprint density at radius 3 is 2.57 bits per heavy atom. The maximum atomic E-state index is 15.1. The van der Waals surface area contributed by atoms with E-state index < -0.39 is 40.2 Å². The molecule has 1 saturated heterocycles. The minimum atomic E-state index is -4.83. The van der Waals surface area contributed by atoms with Crippen molar-refractivity contribution in [3.63, 3.8) is 0 Å². The summed E-state index contributed by atoms with van der Waals surface area (Å²) in [5.41, 5.74) is -3.30. The Morgan fingerprint density at radius 1 is 1.19 bits per heavy atom. The molecule has 1 atom stereocenters. The number of pyridine rings is 1. The number of carbonyl (C=O) groups is 1. The highest BCUT2D eigenvalue weighted by molar-refractivity contribution is 7.81. The van der Waals surface area contributed by atoms with Crippen LogP contribution in [0.15, 0.2) is 47.3 Å². The van der Waals surface area contributed by atoms with Crippen LogP contribution in [-0.2, 0) is 23.8 Å². The number of thiol groups is 1. The maximum absolute atomic E-state index is 15.1. The van der Waals surface area contributed by atoms with Crippen LogP contribution >= 0.6 is 12.6 Å². The Labute approximate surface area is 215 Å². The predicted octanol–water partition coefficient (Wildman–Crippen LogP) is 5.26. The average Bonchev–Trinajstić information content (AvgIpc) is 3.43. The quantitative estimate of drug-likeness (QED) is 0.345. The fourth-order valence-corrected chi connectivity index (χ4v) is 5.54. The molecule has 2 fully saturated rings. The number of carbonyl (C=O) groups excluding carboxylic acids is 1. The number of nitriles is 1. The van der Waals surface area contributed by atoms with Crippen LogP contribution in [0.1, 0.15) is 48.4 Å². The zero-order valence-electron chi connectivity index (χ0n) is 19.4. The van der Waals surface area contributed by atoms with Gasteiger partial charge in [0.1, 0.15) is 23.7 Å². The van der Waals surface area contributed by atoms with E-state index in [0.29, 0.717) is 49.2 Å². The fourth-order valence-electron chi connectivity index (χ4n) is 4.95. The summed E-state index contributed by atoms with van der Waals surface area (Å²) < 4.78 is 60.9. The number of anilines is 2. The Balaban J connectivity index is 1.44. The molecule has 192 valence electrons. The third kappa shape index (κ3) is 4.31. The number of rotatable bonds is 6. The van der Waals surface area contributed by atoms with Crippen LogP contribution in [0.25, 0.3) is 0 Å². The lowest BCUT2D eigenvalue weighted by atomic mass is 9.75. The van der Waals surface area contributed by atoms with Gasteiger partial charge in [0.25, 0.3) is 5.91 Å². The van der Waals surface area contributed by atoms with Gasteiger partial charge in [-0.2, -0.15) is 18.4 Å². The van der Waals surface area contributed by atoms with Crippen molar-refractivity contribution in [1.29, 1.82) is 5.26 Å². The lowest BCUT2D eigenvalue weighted by Gasteiger charge is -2.44. The van der Waals surface area contributed by atoms with Gasteiger partial charge >= 0.3 is 6.18 Å². The Kier molecular flexibility index (Phi) is 6.35. The summed E-state index contributed by atoms with van der Waals surface area (Å²) in [4.78, 5) is 24.1. The van der Waals surface area contributed by atoms with Gasteiger partial charge in [0.2, 0.25) is 0 Å². The van der Waals surface area contributed by atoms with E-state index in [-0.39, 0.29) is 5.69 Å². The topological polar surface area (TPSA) is 86.3 Å². The Hall–Kier alpha value is -3.59. The van der Waals surface area contributed by atoms with Crippen molar-refractivity contribution in [2.75, 3.05) is 9.80 Å². The van der Waals surface area contributed by atoms with Crippen molar-refractivity contribution in [3.8, 4) is 6.07 Å². The lowest BCUT2D eigenvalue weighted by Crippen LogP contribution is -2.55. The zero-order valence-corrected chi connectivity index (χ0v) is 20.3. The molecule has 1 aliphatic heterocycles. The first-order valence-corrected chi connectivity index (χ1v) is 12.1. The molecule has 7 nitrogen and oxygen atoms in total. The molecule has 3 aromatic rings. The minimum Gasteiger partial charge on any atom is -0.449 e. The molecule has 1 aliphatic carbocycles. The molecule has 1 saturated carbocycles. The van der Waals surface area contributed by atoms with Crippen LogP contribution < -0.4 is 9.80 Å². The van der Waals surface area contributed by atoms with Crippen LogP contribution in [0.4, 0.5) is 28.9 Å². The third-order valence-corrected chi connectivity index (χ3v) is 7.38. The fraction of sp³-hybridized carbons (Fsp3) is 0.360. The number of amides is 1. The van der Waals surface area contributed by atoms with Crippen LogP contribution in [0, 0.1) is 17.1 Å². The van der Waals surface area contributed by atoms with Gasteiger partial charge in [-0.05, 0) is 55.9 Å². The third-order valence-electron chi connectivity index (χ3n) is 6.92. The SMILES string of the molecule is N#Cc1ncc(N2C(=O)C3(CCC3)N(c3ccc(CCCc4ncco4)c(F)c3)C2S)cc1C(F)(F)F. The smallest absolute Gasteiger partial charge is 0.419 e. The van der Waals surface area contributed by atoms with E-state index in [1.54, 1.807) is 23.2 Å². The van der Waals surface area contributed by atoms with Crippen molar-refractivity contribution in [2.24, 2.45) is 0 Å². The van der Waals surface area contributed by atoms with E-state index in [1.165, 1.54) is 18.4 Å². The van der Waals surface area contributed by atoms with Crippen molar-refractivity contribution in [1.82, 2.24) is 9.97 Å². The van der Waals surface area contributed by atoms with Gasteiger partial charge in [0.15, 0.2) is 17.1 Å². The second-order valence-corrected chi connectivity index (χ2v) is 9.49. The second-order valence-electron chi connectivity index (χ2n) is 9.03. The number of oxazole rings is 1. The monoisotopic (exact) mass is 531 g/mol. The standard InChI is InChI=1S/C25H21F4N5O2S/c26-19-12-16(6-5-15(19)3-1-4-21-31-9-10-36-21)34-23(37)33(22(35)24(34)7-2-8-24)17-11-18(25(27,28)29)20(13-30)32-14-17/h5-6,9-12,14,23,37H,1-4,7-8H2. The van der Waals surface area contributed by atoms with Crippen molar-refractivity contribution >= 4 is 29.9 Å². The number of aromatic nitrogens is 2. The summed E-state index contributed by atoms with van der Waals surface area (Å²) in [5, 5.41) is 9.05. The first-order valence-electron chi connectivity index (χ1n) is 11.6. The van der Waals surface area contributed by atoms with Crippen LogP contribution in [0.2, 0.25) is 0 Å². The molecule has 37 heavy (non-hydrogen) atoms. The van der Waals surface area contributed by atoms with Crippen molar-refractivity contribution in [2.45, 2.75) is 55.7 Å². The molecule has 3 heterocycles. The molecule has 12 heteroatoms. The molecular formula is C25H21F4N5O2S. The Morgan fingerprint density at radius 2 is 1.97 bits per heavy atom. The van der Waals surface area contributed by atoms with E-state index in [4.69, 9.17) is 9.68 Å². The molecule has 0 N–H and O–H groups in total. The summed E-state index contributed by atoms with van der Waals surface area (Å²) in [6, 6.07) is 6.84. The summed E-state index contributed by atoms with van der Waals surface area (Å²) in [7, 11) is 0. The summed E-state index contributed by atoms with van der Waals surface area (Å²) in [6.45, 7) is 0. The van der Waals surface area contributed by atoms with Gasteiger partial charge in [-0.25, -0.2) is 14.4 Å². The van der Waals surface area contributed by atoms with E-state index in [1.807, 2.05) is 0 Å². The first-order chi connectivity index (χ1) is 17.7. The zero-order chi connectivity index (χ0) is 26.4. The number of benzene rings is 1. The molecular weight excluding hydrogens is 510 g/mol. The van der Waals surface area contributed by atoms with Crippen LogP contribution in [-0.4, -0.2) is 26.9 Å². The van der Waals surface area contributed by atoms with E-state index >= 15 is 4.39 Å². The number of aryl methyl sites for hydroxylation is 2. The molecule has 5 rings (SSSR count). The lowest BCUT2D eigenvalue weighted by molar-refractivity contribution is -0.138. The predicted molar refractivity (Wildman–Crippen MR) is 128 cm³/mol.